The molecule has 6 nitrogen and oxygen atoms in total. The van der Waals surface area contributed by atoms with Crippen molar-refractivity contribution in [2.24, 2.45) is 0 Å². The number of amides is 3. The first-order valence-electron chi connectivity index (χ1n) is 6.66. The lowest BCUT2D eigenvalue weighted by Gasteiger charge is -2.23. The Balaban J connectivity index is 1.85. The van der Waals surface area contributed by atoms with Gasteiger partial charge in [0, 0.05) is 11.8 Å². The average Bonchev–Trinajstić information content (AvgIpc) is 2.80. The van der Waals surface area contributed by atoms with Crippen LogP contribution in [0.2, 0.25) is 0 Å². The third-order valence-corrected chi connectivity index (χ3v) is 3.66. The summed E-state index contributed by atoms with van der Waals surface area (Å²) in [5.41, 5.74) is 1.06. The summed E-state index contributed by atoms with van der Waals surface area (Å²) in [4.78, 5) is 23.8. The van der Waals surface area contributed by atoms with E-state index in [1.165, 1.54) is 4.90 Å². The Morgan fingerprint density at radius 2 is 2.10 bits per heavy atom. The normalized spacial score (nSPS) is 21.3. The van der Waals surface area contributed by atoms with E-state index in [0.717, 1.165) is 5.56 Å². The topological polar surface area (TPSA) is 78.9 Å². The van der Waals surface area contributed by atoms with Gasteiger partial charge in [0.1, 0.15) is 0 Å². The lowest BCUT2D eigenvalue weighted by molar-refractivity contribution is 0.0753. The molecule has 2 rings (SSSR count). The number of carbonyl (C=O) groups is 2. The zero-order chi connectivity index (χ0) is 15.2. The van der Waals surface area contributed by atoms with E-state index >= 15 is 0 Å². The highest BCUT2D eigenvalue weighted by atomic mass is 32.1. The molecule has 0 radical (unpaired) electrons. The number of nitrogens with one attached hydrogen (secondary N) is 1. The molecule has 1 aliphatic rings. The number of hydrogen-bond acceptors (Lipinski definition) is 4. The standard InChI is InChI=1S/C14H18N2O4S/c17-13(15-14(18)19)16-7-12(21)6-11(16)9-20-8-10-4-2-1-3-5-10/h1-5,11-12,21H,6-9H2,(H,15,17)(H,18,19)/t11-,12+/m0/s1. The van der Waals surface area contributed by atoms with E-state index in [1.807, 2.05) is 35.6 Å². The molecule has 1 saturated heterocycles. The third-order valence-electron chi connectivity index (χ3n) is 3.29. The fraction of sp³-hybridized carbons (Fsp3) is 0.429. The molecule has 1 heterocycles. The van der Waals surface area contributed by atoms with Crippen molar-refractivity contribution < 1.29 is 19.4 Å². The van der Waals surface area contributed by atoms with Gasteiger partial charge in [0.05, 0.1) is 19.3 Å². The zero-order valence-corrected chi connectivity index (χ0v) is 12.3. The van der Waals surface area contributed by atoms with Crippen molar-refractivity contribution >= 4 is 24.8 Å². The van der Waals surface area contributed by atoms with Crippen LogP contribution in [0.5, 0.6) is 0 Å². The molecule has 1 aromatic carbocycles. The molecule has 3 amide bonds. The first kappa shape index (κ1) is 15.7. The SMILES string of the molecule is O=C(O)NC(=O)N1C[C@H](S)C[C@H]1COCc1ccccc1. The number of carbonyl (C=O) groups excluding carboxylic acids is 1. The molecule has 2 atom stereocenters. The first-order valence-corrected chi connectivity index (χ1v) is 7.18. The quantitative estimate of drug-likeness (QED) is 0.743. The minimum atomic E-state index is -1.36. The van der Waals surface area contributed by atoms with Crippen molar-refractivity contribution in [3.05, 3.63) is 35.9 Å². The number of imide groups is 1. The molecule has 0 unspecified atom stereocenters. The summed E-state index contributed by atoms with van der Waals surface area (Å²) in [6, 6.07) is 8.96. The van der Waals surface area contributed by atoms with Crippen molar-refractivity contribution in [2.75, 3.05) is 13.2 Å². The van der Waals surface area contributed by atoms with Gasteiger partial charge in [-0.15, -0.1) is 0 Å². The van der Waals surface area contributed by atoms with E-state index in [1.54, 1.807) is 0 Å². The summed E-state index contributed by atoms with van der Waals surface area (Å²) in [5.74, 6) is 0. The maximum Gasteiger partial charge on any atom is 0.412 e. The van der Waals surface area contributed by atoms with Crippen LogP contribution in [0.3, 0.4) is 0 Å². The molecule has 1 aliphatic heterocycles. The van der Waals surface area contributed by atoms with Crippen LogP contribution < -0.4 is 5.32 Å². The number of urea groups is 1. The maximum atomic E-state index is 11.8. The minimum Gasteiger partial charge on any atom is -0.465 e. The molecule has 1 fully saturated rings. The lowest BCUT2D eigenvalue weighted by atomic mass is 10.2. The van der Waals surface area contributed by atoms with Crippen LogP contribution in [0.25, 0.3) is 0 Å². The summed E-state index contributed by atoms with van der Waals surface area (Å²) in [7, 11) is 0. The number of thiol groups is 1. The Hall–Kier alpha value is -1.73. The second-order valence-electron chi connectivity index (χ2n) is 4.93. The van der Waals surface area contributed by atoms with Crippen molar-refractivity contribution in [3.63, 3.8) is 0 Å². The van der Waals surface area contributed by atoms with E-state index < -0.39 is 12.1 Å². The van der Waals surface area contributed by atoms with E-state index in [-0.39, 0.29) is 11.3 Å². The number of benzene rings is 1. The van der Waals surface area contributed by atoms with Crippen LogP contribution in [-0.2, 0) is 11.3 Å². The predicted octanol–water partition coefficient (Wildman–Crippen LogP) is 1.96. The minimum absolute atomic E-state index is 0.0369. The molecule has 2 N–H and O–H groups in total. The fourth-order valence-corrected chi connectivity index (χ4v) is 2.77. The maximum absolute atomic E-state index is 11.8. The van der Waals surface area contributed by atoms with E-state index in [9.17, 15) is 9.59 Å². The number of ether oxygens (including phenoxy) is 1. The Morgan fingerprint density at radius 1 is 1.38 bits per heavy atom. The van der Waals surface area contributed by atoms with Crippen molar-refractivity contribution in [3.8, 4) is 0 Å². The van der Waals surface area contributed by atoms with Crippen LogP contribution >= 0.6 is 12.6 Å². The fourth-order valence-electron chi connectivity index (χ4n) is 2.35. The van der Waals surface area contributed by atoms with Gasteiger partial charge in [-0.2, -0.15) is 12.6 Å². The Morgan fingerprint density at radius 3 is 2.76 bits per heavy atom. The Labute approximate surface area is 128 Å². The van der Waals surface area contributed by atoms with Gasteiger partial charge < -0.3 is 14.7 Å². The summed E-state index contributed by atoms with van der Waals surface area (Å²) in [5, 5.41) is 10.5. The van der Waals surface area contributed by atoms with Gasteiger partial charge >= 0.3 is 12.1 Å². The highest BCUT2D eigenvalue weighted by Crippen LogP contribution is 2.22. The largest absolute Gasteiger partial charge is 0.465 e. The highest BCUT2D eigenvalue weighted by Gasteiger charge is 2.34. The molecule has 1 aromatic rings. The molecular formula is C14H18N2O4S. The summed E-state index contributed by atoms with van der Waals surface area (Å²) >= 11 is 4.36. The van der Waals surface area contributed by atoms with Crippen molar-refractivity contribution in [1.82, 2.24) is 10.2 Å². The Kier molecular flexibility index (Phi) is 5.46. The number of nitrogens with zero attached hydrogens (tertiary/aromatic N) is 1. The summed E-state index contributed by atoms with van der Waals surface area (Å²) in [6.07, 6.45) is -0.670. The molecule has 7 heteroatoms. The predicted molar refractivity (Wildman–Crippen MR) is 80.5 cm³/mol. The molecule has 0 aromatic heterocycles. The number of rotatable bonds is 4. The van der Waals surface area contributed by atoms with Crippen molar-refractivity contribution in [2.45, 2.75) is 24.3 Å². The van der Waals surface area contributed by atoms with Crippen LogP contribution in [0.4, 0.5) is 9.59 Å². The zero-order valence-electron chi connectivity index (χ0n) is 11.4. The van der Waals surface area contributed by atoms with E-state index in [4.69, 9.17) is 9.84 Å². The average molecular weight is 310 g/mol. The molecule has 0 saturated carbocycles. The number of hydrogen-bond donors (Lipinski definition) is 3. The van der Waals surface area contributed by atoms with Gasteiger partial charge in [-0.3, -0.25) is 0 Å². The summed E-state index contributed by atoms with van der Waals surface area (Å²) < 4.78 is 5.63. The monoisotopic (exact) mass is 310 g/mol. The second-order valence-corrected chi connectivity index (χ2v) is 5.66. The van der Waals surface area contributed by atoms with Crippen LogP contribution in [0, 0.1) is 0 Å². The van der Waals surface area contributed by atoms with E-state index in [0.29, 0.717) is 26.2 Å². The number of likely N-dealkylation sites (tertiary alicyclic amines) is 1. The third kappa shape index (κ3) is 4.64. The van der Waals surface area contributed by atoms with Gasteiger partial charge in [0.25, 0.3) is 0 Å². The van der Waals surface area contributed by atoms with Gasteiger partial charge in [-0.05, 0) is 12.0 Å². The van der Waals surface area contributed by atoms with Crippen molar-refractivity contribution in [1.29, 1.82) is 0 Å². The molecule has 114 valence electrons. The molecule has 0 aliphatic carbocycles. The van der Waals surface area contributed by atoms with Crippen LogP contribution in [0.15, 0.2) is 30.3 Å². The van der Waals surface area contributed by atoms with Gasteiger partial charge in [0.2, 0.25) is 0 Å². The number of carboxylic acid groups (broad SMARTS) is 1. The molecule has 21 heavy (non-hydrogen) atoms. The van der Waals surface area contributed by atoms with Gasteiger partial charge in [0.15, 0.2) is 0 Å². The highest BCUT2D eigenvalue weighted by molar-refractivity contribution is 7.81. The van der Waals surface area contributed by atoms with Gasteiger partial charge in [-0.1, -0.05) is 30.3 Å². The second kappa shape index (κ2) is 7.33. The smallest absolute Gasteiger partial charge is 0.412 e. The van der Waals surface area contributed by atoms with Gasteiger partial charge in [-0.25, -0.2) is 14.9 Å². The van der Waals surface area contributed by atoms with E-state index in [2.05, 4.69) is 12.6 Å². The molecule has 0 bridgehead atoms. The molecule has 0 spiro atoms. The van der Waals surface area contributed by atoms with Crippen LogP contribution in [-0.4, -0.2) is 46.6 Å². The summed E-state index contributed by atoms with van der Waals surface area (Å²) in [6.45, 7) is 1.24. The molecular weight excluding hydrogens is 292 g/mol. The first-order chi connectivity index (χ1) is 10.1. The Bertz CT molecular complexity index is 497. The van der Waals surface area contributed by atoms with Crippen LogP contribution in [0.1, 0.15) is 12.0 Å². The lowest BCUT2D eigenvalue weighted by Crippen LogP contribution is -2.46.